The fraction of sp³-hybridized carbons (Fsp3) is 0.400. The molecule has 0 spiro atoms. The number of aromatic hydroxyl groups is 1. The highest BCUT2D eigenvalue weighted by molar-refractivity contribution is 5.30. The summed E-state index contributed by atoms with van der Waals surface area (Å²) in [6.45, 7) is 1.76. The van der Waals surface area contributed by atoms with Gasteiger partial charge in [-0.3, -0.25) is 0 Å². The Morgan fingerprint density at radius 1 is 1.54 bits per heavy atom. The van der Waals surface area contributed by atoms with Crippen molar-refractivity contribution in [3.63, 3.8) is 0 Å². The molecule has 2 nitrogen and oxygen atoms in total. The lowest BCUT2D eigenvalue weighted by atomic mass is 9.94. The van der Waals surface area contributed by atoms with Crippen LogP contribution in [-0.2, 0) is 5.67 Å². The SMILES string of the molecule is CC(F)(CCN)c1cccc(O)c1. The minimum atomic E-state index is -1.45. The average Bonchev–Trinajstić information content (AvgIpc) is 2.04. The molecule has 1 rings (SSSR count). The maximum atomic E-state index is 13.8. The van der Waals surface area contributed by atoms with Crippen molar-refractivity contribution in [2.24, 2.45) is 5.73 Å². The fourth-order valence-electron chi connectivity index (χ4n) is 1.25. The third-order valence-electron chi connectivity index (χ3n) is 2.06. The lowest BCUT2D eigenvalue weighted by Crippen LogP contribution is -2.19. The number of benzene rings is 1. The van der Waals surface area contributed by atoms with Gasteiger partial charge in [-0.2, -0.15) is 0 Å². The molecule has 0 aliphatic carbocycles. The topological polar surface area (TPSA) is 46.2 Å². The molecule has 0 radical (unpaired) electrons. The summed E-state index contributed by atoms with van der Waals surface area (Å²) in [5.41, 5.74) is 4.31. The third-order valence-corrected chi connectivity index (χ3v) is 2.06. The van der Waals surface area contributed by atoms with Crippen LogP contribution in [0.1, 0.15) is 18.9 Å². The van der Waals surface area contributed by atoms with Crippen molar-refractivity contribution in [1.82, 2.24) is 0 Å². The van der Waals surface area contributed by atoms with Crippen LogP contribution < -0.4 is 5.73 Å². The summed E-state index contributed by atoms with van der Waals surface area (Å²) in [7, 11) is 0. The number of phenolic OH excluding ortho intramolecular Hbond substituents is 1. The Bertz CT molecular complexity index is 286. The van der Waals surface area contributed by atoms with Crippen LogP contribution in [-0.4, -0.2) is 11.7 Å². The van der Waals surface area contributed by atoms with E-state index in [0.717, 1.165) is 0 Å². The smallest absolute Gasteiger partial charge is 0.134 e. The molecule has 3 heteroatoms. The van der Waals surface area contributed by atoms with Crippen molar-refractivity contribution in [1.29, 1.82) is 0 Å². The zero-order valence-electron chi connectivity index (χ0n) is 7.63. The zero-order valence-corrected chi connectivity index (χ0v) is 7.63. The fourth-order valence-corrected chi connectivity index (χ4v) is 1.25. The average molecular weight is 183 g/mol. The Kier molecular flexibility index (Phi) is 2.88. The van der Waals surface area contributed by atoms with E-state index in [2.05, 4.69) is 0 Å². The minimum absolute atomic E-state index is 0.0818. The van der Waals surface area contributed by atoms with Crippen LogP contribution in [0.15, 0.2) is 24.3 Å². The van der Waals surface area contributed by atoms with Gasteiger partial charge in [-0.05, 0) is 37.6 Å². The van der Waals surface area contributed by atoms with Crippen LogP contribution in [0.3, 0.4) is 0 Å². The van der Waals surface area contributed by atoms with Crippen molar-refractivity contribution in [2.75, 3.05) is 6.54 Å². The second kappa shape index (κ2) is 3.75. The molecule has 0 saturated heterocycles. The van der Waals surface area contributed by atoms with E-state index in [1.165, 1.54) is 19.1 Å². The first kappa shape index (κ1) is 9.99. The highest BCUT2D eigenvalue weighted by atomic mass is 19.1. The number of hydrogen-bond donors (Lipinski definition) is 2. The molecule has 1 atom stereocenters. The zero-order chi connectivity index (χ0) is 9.90. The van der Waals surface area contributed by atoms with E-state index >= 15 is 0 Å². The molecule has 1 unspecified atom stereocenters. The van der Waals surface area contributed by atoms with Crippen LogP contribution in [0, 0.1) is 0 Å². The summed E-state index contributed by atoms with van der Waals surface area (Å²) in [4.78, 5) is 0. The first-order valence-electron chi connectivity index (χ1n) is 4.25. The molecule has 0 saturated carbocycles. The number of phenols is 1. The van der Waals surface area contributed by atoms with Crippen molar-refractivity contribution >= 4 is 0 Å². The Morgan fingerprint density at radius 3 is 2.77 bits per heavy atom. The summed E-state index contributed by atoms with van der Waals surface area (Å²) in [5, 5.41) is 9.15. The van der Waals surface area contributed by atoms with Crippen molar-refractivity contribution in [3.05, 3.63) is 29.8 Å². The van der Waals surface area contributed by atoms with Crippen LogP contribution in [0.25, 0.3) is 0 Å². The highest BCUT2D eigenvalue weighted by Crippen LogP contribution is 2.30. The second-order valence-electron chi connectivity index (χ2n) is 3.29. The van der Waals surface area contributed by atoms with Crippen LogP contribution >= 0.6 is 0 Å². The highest BCUT2D eigenvalue weighted by Gasteiger charge is 2.24. The third kappa shape index (κ3) is 2.42. The second-order valence-corrected chi connectivity index (χ2v) is 3.29. The van der Waals surface area contributed by atoms with E-state index < -0.39 is 5.67 Å². The Labute approximate surface area is 77.2 Å². The summed E-state index contributed by atoms with van der Waals surface area (Å²) >= 11 is 0. The van der Waals surface area contributed by atoms with E-state index in [-0.39, 0.29) is 12.2 Å². The summed E-state index contributed by atoms with van der Waals surface area (Å²) < 4.78 is 13.8. The molecule has 0 amide bonds. The number of rotatable bonds is 3. The standard InChI is InChI=1S/C10H14FNO/c1-10(11,5-6-12)8-3-2-4-9(13)7-8/h2-4,7,13H,5-6,12H2,1H3. The Morgan fingerprint density at radius 2 is 2.23 bits per heavy atom. The van der Waals surface area contributed by atoms with E-state index in [9.17, 15) is 4.39 Å². The van der Waals surface area contributed by atoms with Crippen LogP contribution in [0.4, 0.5) is 4.39 Å². The van der Waals surface area contributed by atoms with Gasteiger partial charge in [0.25, 0.3) is 0 Å². The number of hydrogen-bond acceptors (Lipinski definition) is 2. The van der Waals surface area contributed by atoms with Gasteiger partial charge in [0.15, 0.2) is 0 Å². The van der Waals surface area contributed by atoms with E-state index in [0.29, 0.717) is 12.1 Å². The summed E-state index contributed by atoms with van der Waals surface area (Å²) in [6.07, 6.45) is 0.260. The molecule has 0 heterocycles. The maximum absolute atomic E-state index is 13.8. The molecule has 72 valence electrons. The number of alkyl halides is 1. The minimum Gasteiger partial charge on any atom is -0.508 e. The molecule has 0 fully saturated rings. The van der Waals surface area contributed by atoms with Gasteiger partial charge in [0.2, 0.25) is 0 Å². The first-order valence-corrected chi connectivity index (χ1v) is 4.25. The van der Waals surface area contributed by atoms with E-state index in [1.807, 2.05) is 0 Å². The van der Waals surface area contributed by atoms with Gasteiger partial charge in [-0.25, -0.2) is 4.39 Å². The number of nitrogens with two attached hydrogens (primary N) is 1. The van der Waals surface area contributed by atoms with Gasteiger partial charge in [0.05, 0.1) is 0 Å². The van der Waals surface area contributed by atoms with Gasteiger partial charge < -0.3 is 10.8 Å². The Hall–Kier alpha value is -1.09. The molecular formula is C10H14FNO. The number of halogens is 1. The van der Waals surface area contributed by atoms with Gasteiger partial charge in [0.1, 0.15) is 11.4 Å². The van der Waals surface area contributed by atoms with Crippen LogP contribution in [0.5, 0.6) is 5.75 Å². The molecule has 1 aromatic carbocycles. The molecular weight excluding hydrogens is 169 g/mol. The van der Waals surface area contributed by atoms with Crippen molar-refractivity contribution in [2.45, 2.75) is 19.0 Å². The summed E-state index contributed by atoms with van der Waals surface area (Å²) in [5.74, 6) is 0.0818. The lowest BCUT2D eigenvalue weighted by Gasteiger charge is -2.19. The van der Waals surface area contributed by atoms with E-state index in [4.69, 9.17) is 10.8 Å². The molecule has 0 aliphatic rings. The summed E-state index contributed by atoms with van der Waals surface area (Å²) in [6, 6.07) is 6.21. The normalized spacial score (nSPS) is 15.3. The van der Waals surface area contributed by atoms with Crippen molar-refractivity contribution < 1.29 is 9.50 Å². The van der Waals surface area contributed by atoms with Gasteiger partial charge in [0, 0.05) is 0 Å². The maximum Gasteiger partial charge on any atom is 0.134 e. The predicted octanol–water partition coefficient (Wildman–Crippen LogP) is 1.93. The quantitative estimate of drug-likeness (QED) is 0.752. The molecule has 1 aromatic rings. The molecule has 13 heavy (non-hydrogen) atoms. The van der Waals surface area contributed by atoms with Crippen LogP contribution in [0.2, 0.25) is 0 Å². The van der Waals surface area contributed by atoms with Gasteiger partial charge >= 0.3 is 0 Å². The van der Waals surface area contributed by atoms with Crippen molar-refractivity contribution in [3.8, 4) is 5.75 Å². The molecule has 0 bridgehead atoms. The largest absolute Gasteiger partial charge is 0.508 e. The van der Waals surface area contributed by atoms with Gasteiger partial charge in [-0.1, -0.05) is 12.1 Å². The Balaban J connectivity index is 2.93. The monoisotopic (exact) mass is 183 g/mol. The predicted molar refractivity (Wildman–Crippen MR) is 50.2 cm³/mol. The molecule has 0 aromatic heterocycles. The van der Waals surface area contributed by atoms with Gasteiger partial charge in [-0.15, -0.1) is 0 Å². The molecule has 3 N–H and O–H groups in total. The van der Waals surface area contributed by atoms with E-state index in [1.54, 1.807) is 12.1 Å². The molecule has 0 aliphatic heterocycles. The first-order chi connectivity index (χ1) is 6.06. The lowest BCUT2D eigenvalue weighted by molar-refractivity contribution is 0.180.